The third kappa shape index (κ3) is 5.66. The Kier molecular flexibility index (Phi) is 7.74. The molecule has 0 aliphatic rings. The molecule has 8 aromatic carbocycles. The van der Waals surface area contributed by atoms with Crippen LogP contribution in [0, 0.1) is 0 Å². The molecule has 0 atom stereocenters. The van der Waals surface area contributed by atoms with E-state index in [0.717, 1.165) is 99.4 Å². The lowest BCUT2D eigenvalue weighted by Crippen LogP contribution is -2.00. The summed E-state index contributed by atoms with van der Waals surface area (Å²) >= 11 is 0. The third-order valence-electron chi connectivity index (χ3n) is 11.9. The van der Waals surface area contributed by atoms with Crippen LogP contribution in [0.3, 0.4) is 0 Å². The summed E-state index contributed by atoms with van der Waals surface area (Å²) in [4.78, 5) is 25.7. The summed E-state index contributed by atoms with van der Waals surface area (Å²) in [5, 5.41) is 5.07. The molecule has 0 radical (unpaired) electrons. The molecule has 0 unspecified atom stereocenters. The van der Waals surface area contributed by atoms with Gasteiger partial charge < -0.3 is 13.4 Å². The number of fused-ring (bicyclic) bond motifs is 9. The third-order valence-corrected chi connectivity index (χ3v) is 11.9. The molecule has 0 fully saturated rings. The summed E-state index contributed by atoms with van der Waals surface area (Å²) in [5.74, 6) is 2.35. The van der Waals surface area contributed by atoms with Gasteiger partial charge in [-0.2, -0.15) is 0 Å². The Morgan fingerprint density at radius 3 is 1.79 bits per heavy atom. The van der Waals surface area contributed by atoms with E-state index in [1.54, 1.807) is 0 Å². The second-order valence-corrected chi connectivity index (χ2v) is 15.6. The van der Waals surface area contributed by atoms with Crippen molar-refractivity contribution in [3.8, 4) is 62.5 Å². The number of benzene rings is 8. The van der Waals surface area contributed by atoms with Gasteiger partial charge in [0.05, 0.1) is 11.0 Å². The molecule has 5 aromatic heterocycles. The van der Waals surface area contributed by atoms with Crippen LogP contribution >= 0.6 is 0 Å². The first kappa shape index (κ1) is 35.0. The summed E-state index contributed by atoms with van der Waals surface area (Å²) in [6.45, 7) is 0. The average molecular weight is 809 g/mol. The van der Waals surface area contributed by atoms with Crippen molar-refractivity contribution in [1.82, 2.24) is 29.5 Å². The Labute approximate surface area is 359 Å². The van der Waals surface area contributed by atoms with Crippen LogP contribution in [0.2, 0.25) is 0 Å². The Bertz CT molecular complexity index is 3910. The predicted molar refractivity (Wildman–Crippen MR) is 251 cm³/mol. The van der Waals surface area contributed by atoms with Gasteiger partial charge in [-0.1, -0.05) is 127 Å². The lowest BCUT2D eigenvalue weighted by Gasteiger charge is -2.10. The molecule has 8 heteroatoms. The van der Waals surface area contributed by atoms with Gasteiger partial charge in [0, 0.05) is 60.4 Å². The van der Waals surface area contributed by atoms with Crippen LogP contribution in [0.4, 0.5) is 0 Å². The molecule has 0 aliphatic carbocycles. The van der Waals surface area contributed by atoms with Crippen molar-refractivity contribution in [2.75, 3.05) is 0 Å². The summed E-state index contributed by atoms with van der Waals surface area (Å²) in [7, 11) is 0. The molecule has 5 heterocycles. The highest BCUT2D eigenvalue weighted by Gasteiger charge is 2.22. The maximum atomic E-state index is 6.55. The zero-order valence-corrected chi connectivity index (χ0v) is 33.5. The molecule has 0 N–H and O–H groups in total. The summed E-state index contributed by atoms with van der Waals surface area (Å²) in [5.41, 5.74) is 12.2. The second kappa shape index (κ2) is 13.9. The Morgan fingerprint density at radius 2 is 0.968 bits per heavy atom. The van der Waals surface area contributed by atoms with E-state index in [4.69, 9.17) is 33.8 Å². The molecule has 0 spiro atoms. The zero-order chi connectivity index (χ0) is 41.4. The van der Waals surface area contributed by atoms with Gasteiger partial charge in [0.1, 0.15) is 28.0 Å². The van der Waals surface area contributed by atoms with Crippen molar-refractivity contribution in [2.45, 2.75) is 0 Å². The fourth-order valence-electron chi connectivity index (χ4n) is 8.97. The maximum Gasteiger partial charge on any atom is 0.180 e. The second-order valence-electron chi connectivity index (χ2n) is 15.6. The molecule has 63 heavy (non-hydrogen) atoms. The van der Waals surface area contributed by atoms with E-state index in [1.165, 1.54) is 0 Å². The molecule has 0 aliphatic heterocycles. The lowest BCUT2D eigenvalue weighted by atomic mass is 10.0. The van der Waals surface area contributed by atoms with Gasteiger partial charge in [-0.15, -0.1) is 0 Å². The van der Waals surface area contributed by atoms with E-state index in [2.05, 4.69) is 89.5 Å². The SMILES string of the molecule is c1ccc(-c2nc(-c3ccc4oc5cc(-c6nc(-c7ccccc7)c7oc8ccccc8c7n6)ccc5c4c3)nc(-c3cccc4c3c3ccccc3n4-c3ccccc3)n2)cc1. The van der Waals surface area contributed by atoms with E-state index in [1.807, 2.05) is 109 Å². The molecule has 294 valence electrons. The number of furan rings is 2. The average Bonchev–Trinajstić information content (AvgIpc) is 4.03. The minimum Gasteiger partial charge on any atom is -0.456 e. The molecular formula is C55H32N6O2. The number of hydrogen-bond acceptors (Lipinski definition) is 7. The summed E-state index contributed by atoms with van der Waals surface area (Å²) < 4.78 is 15.2. The minimum atomic E-state index is 0.568. The largest absolute Gasteiger partial charge is 0.456 e. The molecule has 0 bridgehead atoms. The molecule has 8 nitrogen and oxygen atoms in total. The van der Waals surface area contributed by atoms with Crippen LogP contribution in [0.15, 0.2) is 203 Å². The maximum absolute atomic E-state index is 6.55. The predicted octanol–water partition coefficient (Wildman–Crippen LogP) is 13.9. The van der Waals surface area contributed by atoms with Crippen LogP contribution in [0.25, 0.3) is 128 Å². The van der Waals surface area contributed by atoms with E-state index in [-0.39, 0.29) is 0 Å². The Morgan fingerprint density at radius 1 is 0.349 bits per heavy atom. The highest BCUT2D eigenvalue weighted by Crippen LogP contribution is 2.40. The highest BCUT2D eigenvalue weighted by molar-refractivity contribution is 6.15. The lowest BCUT2D eigenvalue weighted by molar-refractivity contribution is 0.667. The normalized spacial score (nSPS) is 11.8. The number of rotatable bonds is 6. The first-order valence-corrected chi connectivity index (χ1v) is 20.8. The van der Waals surface area contributed by atoms with Crippen LogP contribution in [0.5, 0.6) is 0 Å². The number of para-hydroxylation sites is 3. The number of hydrogen-bond donors (Lipinski definition) is 0. The topological polar surface area (TPSA) is 95.7 Å². The van der Waals surface area contributed by atoms with Gasteiger partial charge in [-0.3, -0.25) is 0 Å². The van der Waals surface area contributed by atoms with Crippen LogP contribution in [-0.2, 0) is 0 Å². The zero-order valence-electron chi connectivity index (χ0n) is 33.5. The van der Waals surface area contributed by atoms with Gasteiger partial charge in [-0.25, -0.2) is 24.9 Å². The van der Waals surface area contributed by atoms with Gasteiger partial charge in [0.2, 0.25) is 0 Å². The fourth-order valence-corrected chi connectivity index (χ4v) is 8.97. The monoisotopic (exact) mass is 808 g/mol. The molecule has 0 saturated carbocycles. The molecule has 13 aromatic rings. The van der Waals surface area contributed by atoms with Crippen molar-refractivity contribution in [3.63, 3.8) is 0 Å². The van der Waals surface area contributed by atoms with Gasteiger partial charge >= 0.3 is 0 Å². The number of aromatic nitrogens is 6. The quantitative estimate of drug-likeness (QED) is 0.165. The van der Waals surface area contributed by atoms with Gasteiger partial charge in [0.15, 0.2) is 28.9 Å². The Hall–Kier alpha value is -8.75. The minimum absolute atomic E-state index is 0.568. The summed E-state index contributed by atoms with van der Waals surface area (Å²) in [6.07, 6.45) is 0. The van der Waals surface area contributed by atoms with Crippen LogP contribution in [-0.4, -0.2) is 29.5 Å². The van der Waals surface area contributed by atoms with E-state index < -0.39 is 0 Å². The van der Waals surface area contributed by atoms with Crippen molar-refractivity contribution in [1.29, 1.82) is 0 Å². The number of nitrogens with zero attached hydrogens (tertiary/aromatic N) is 6. The highest BCUT2D eigenvalue weighted by atomic mass is 16.3. The molecule has 0 saturated heterocycles. The smallest absolute Gasteiger partial charge is 0.180 e. The van der Waals surface area contributed by atoms with Crippen molar-refractivity contribution in [2.24, 2.45) is 0 Å². The first-order valence-electron chi connectivity index (χ1n) is 20.8. The van der Waals surface area contributed by atoms with E-state index in [0.29, 0.717) is 28.9 Å². The van der Waals surface area contributed by atoms with Gasteiger partial charge in [-0.05, 0) is 66.7 Å². The van der Waals surface area contributed by atoms with E-state index >= 15 is 0 Å². The van der Waals surface area contributed by atoms with Gasteiger partial charge in [0.25, 0.3) is 0 Å². The van der Waals surface area contributed by atoms with Crippen molar-refractivity contribution in [3.05, 3.63) is 194 Å². The fraction of sp³-hybridized carbons (Fsp3) is 0. The van der Waals surface area contributed by atoms with Crippen molar-refractivity contribution >= 4 is 65.8 Å². The molecule has 0 amide bonds. The van der Waals surface area contributed by atoms with E-state index in [9.17, 15) is 0 Å². The Balaban J connectivity index is 0.965. The first-order chi connectivity index (χ1) is 31.2. The van der Waals surface area contributed by atoms with Crippen molar-refractivity contribution < 1.29 is 8.83 Å². The van der Waals surface area contributed by atoms with Crippen LogP contribution < -0.4 is 0 Å². The molecule has 13 rings (SSSR count). The van der Waals surface area contributed by atoms with Crippen LogP contribution in [0.1, 0.15) is 0 Å². The summed E-state index contributed by atoms with van der Waals surface area (Å²) in [6, 6.07) is 65.8. The molecular weight excluding hydrogens is 777 g/mol. The standard InChI is InChI=1S/C55H32N6O2/c1-4-15-33(16-5-1)49-51-50(40-22-11-13-26-45(40)63-51)57-53(56-49)36-27-29-38-42-31-35(28-30-46(42)62-47(38)32-36)54-58-52(34-17-6-2-7-18-34)59-55(60-54)41-23-14-25-44-48(41)39-21-10-12-24-43(39)61(44)37-19-8-3-9-20-37/h1-32H.